The van der Waals surface area contributed by atoms with Crippen molar-refractivity contribution in [2.45, 2.75) is 26.4 Å². The number of methoxy groups -OCH3 is 1. The Morgan fingerprint density at radius 1 is 1.33 bits per heavy atom. The van der Waals surface area contributed by atoms with Crippen LogP contribution in [0.15, 0.2) is 34.7 Å². The molecule has 0 unspecified atom stereocenters. The van der Waals surface area contributed by atoms with Crippen LogP contribution in [-0.4, -0.2) is 23.2 Å². The Balaban J connectivity index is 2.19. The van der Waals surface area contributed by atoms with Gasteiger partial charge >= 0.3 is 0 Å². The van der Waals surface area contributed by atoms with E-state index in [1.807, 2.05) is 6.92 Å². The van der Waals surface area contributed by atoms with Gasteiger partial charge in [-0.3, -0.25) is 4.79 Å². The molecule has 6 nitrogen and oxygen atoms in total. The van der Waals surface area contributed by atoms with E-state index in [1.165, 1.54) is 0 Å². The summed E-state index contributed by atoms with van der Waals surface area (Å²) in [6.07, 6.45) is 1.18. The fraction of sp³-hybridized carbons (Fsp3) is 0.294. The lowest BCUT2D eigenvalue weighted by Gasteiger charge is -2.12. The predicted octanol–water partition coefficient (Wildman–Crippen LogP) is 3.06. The molecule has 0 radical (unpaired) electrons. The third-order valence-corrected chi connectivity index (χ3v) is 3.47. The van der Waals surface area contributed by atoms with E-state index in [0.717, 1.165) is 6.42 Å². The van der Waals surface area contributed by atoms with E-state index >= 15 is 0 Å². The number of benzene rings is 1. The Labute approximate surface area is 145 Å². The Morgan fingerprint density at radius 3 is 2.75 bits per heavy atom. The minimum absolute atomic E-state index is 0.123. The van der Waals surface area contributed by atoms with Crippen molar-refractivity contribution in [2.24, 2.45) is 0 Å². The number of anilines is 1. The molecule has 2 aromatic rings. The maximum atomic E-state index is 11.6. The maximum absolute atomic E-state index is 11.6. The van der Waals surface area contributed by atoms with Gasteiger partial charge in [-0.2, -0.15) is 0 Å². The van der Waals surface area contributed by atoms with Crippen molar-refractivity contribution >= 4 is 28.9 Å². The van der Waals surface area contributed by atoms with Gasteiger partial charge in [0.1, 0.15) is 23.9 Å². The lowest BCUT2D eigenvalue weighted by Crippen LogP contribution is -2.33. The number of furan rings is 1. The van der Waals surface area contributed by atoms with Gasteiger partial charge in [-0.05, 0) is 49.0 Å². The van der Waals surface area contributed by atoms with Crippen LogP contribution in [0.1, 0.15) is 25.5 Å². The fourth-order valence-corrected chi connectivity index (χ4v) is 2.40. The molecule has 1 aromatic carbocycles. The first-order chi connectivity index (χ1) is 11.6. The quantitative estimate of drug-likeness (QED) is 0.696. The molecule has 1 amide bonds. The highest BCUT2D eigenvalue weighted by atomic mass is 32.1. The third kappa shape index (κ3) is 4.56. The molecule has 1 heterocycles. The van der Waals surface area contributed by atoms with Crippen LogP contribution in [0.25, 0.3) is 11.3 Å². The number of ether oxygens (including phenoxy) is 1. The molecular formula is C17H20N2O4S. The first-order valence-corrected chi connectivity index (χ1v) is 7.97. The molecule has 0 bridgehead atoms. The summed E-state index contributed by atoms with van der Waals surface area (Å²) in [5.41, 5.74) is 1.40. The number of carbonyl (C=O) groups is 1. The summed E-state index contributed by atoms with van der Waals surface area (Å²) < 4.78 is 10.9. The number of amides is 1. The summed E-state index contributed by atoms with van der Waals surface area (Å²) in [5.74, 6) is 1.54. The zero-order chi connectivity index (χ0) is 17.5. The van der Waals surface area contributed by atoms with E-state index in [-0.39, 0.29) is 17.6 Å². The van der Waals surface area contributed by atoms with E-state index in [9.17, 15) is 4.79 Å². The van der Waals surface area contributed by atoms with Crippen molar-refractivity contribution in [3.63, 3.8) is 0 Å². The van der Waals surface area contributed by atoms with Gasteiger partial charge in [-0.1, -0.05) is 6.92 Å². The van der Waals surface area contributed by atoms with Crippen LogP contribution in [0, 0.1) is 0 Å². The molecule has 128 valence electrons. The summed E-state index contributed by atoms with van der Waals surface area (Å²) >= 11 is 5.14. The maximum Gasteiger partial charge on any atom is 0.226 e. The Bertz CT molecular complexity index is 727. The first kappa shape index (κ1) is 18.0. The van der Waals surface area contributed by atoms with Gasteiger partial charge in [0.2, 0.25) is 5.91 Å². The van der Waals surface area contributed by atoms with Gasteiger partial charge in [0.15, 0.2) is 5.11 Å². The molecule has 2 rings (SSSR count). The van der Waals surface area contributed by atoms with E-state index < -0.39 is 0 Å². The Kier molecular flexibility index (Phi) is 6.34. The molecule has 0 fully saturated rings. The molecule has 0 spiro atoms. The molecule has 0 aliphatic heterocycles. The number of hydrogen-bond acceptors (Lipinski definition) is 5. The van der Waals surface area contributed by atoms with Gasteiger partial charge in [0.25, 0.3) is 0 Å². The monoisotopic (exact) mass is 348 g/mol. The molecule has 0 saturated carbocycles. The van der Waals surface area contributed by atoms with E-state index in [2.05, 4.69) is 10.6 Å². The smallest absolute Gasteiger partial charge is 0.226 e. The topological polar surface area (TPSA) is 83.7 Å². The van der Waals surface area contributed by atoms with Crippen molar-refractivity contribution in [1.82, 2.24) is 5.32 Å². The van der Waals surface area contributed by atoms with Crippen LogP contribution in [0.5, 0.6) is 5.75 Å². The second-order valence-corrected chi connectivity index (χ2v) is 5.50. The summed E-state index contributed by atoms with van der Waals surface area (Å²) in [7, 11) is 1.57. The lowest BCUT2D eigenvalue weighted by atomic mass is 10.1. The lowest BCUT2D eigenvalue weighted by molar-refractivity contribution is -0.119. The largest absolute Gasteiger partial charge is 0.496 e. The second-order valence-electron chi connectivity index (χ2n) is 5.09. The summed E-state index contributed by atoms with van der Waals surface area (Å²) in [6, 6.07) is 8.82. The van der Waals surface area contributed by atoms with Gasteiger partial charge < -0.3 is 24.9 Å². The van der Waals surface area contributed by atoms with Crippen molar-refractivity contribution in [3.8, 4) is 17.1 Å². The predicted molar refractivity (Wildman–Crippen MR) is 95.9 cm³/mol. The van der Waals surface area contributed by atoms with Gasteiger partial charge in [0, 0.05) is 12.1 Å². The summed E-state index contributed by atoms with van der Waals surface area (Å²) in [5, 5.41) is 15.0. The molecule has 0 saturated heterocycles. The Hall–Kier alpha value is -2.38. The molecule has 7 heteroatoms. The van der Waals surface area contributed by atoms with Crippen molar-refractivity contribution < 1.29 is 19.1 Å². The van der Waals surface area contributed by atoms with Crippen LogP contribution >= 0.6 is 12.2 Å². The number of aliphatic hydroxyl groups excluding tert-OH is 1. The van der Waals surface area contributed by atoms with Crippen molar-refractivity contribution in [1.29, 1.82) is 0 Å². The minimum atomic E-state index is -0.173. The van der Waals surface area contributed by atoms with E-state index in [4.69, 9.17) is 26.5 Å². The number of aliphatic hydroxyl groups is 1. The van der Waals surface area contributed by atoms with Crippen LogP contribution in [0.4, 0.5) is 5.69 Å². The van der Waals surface area contributed by atoms with Crippen molar-refractivity contribution in [2.75, 3.05) is 12.4 Å². The highest BCUT2D eigenvalue weighted by Crippen LogP contribution is 2.33. The second kappa shape index (κ2) is 8.47. The number of thiocarbonyl (C=S) groups is 1. The molecular weight excluding hydrogens is 328 g/mol. The average molecular weight is 348 g/mol. The van der Waals surface area contributed by atoms with Crippen LogP contribution in [-0.2, 0) is 11.4 Å². The number of rotatable bonds is 6. The normalized spacial score (nSPS) is 10.3. The Morgan fingerprint density at radius 2 is 2.12 bits per heavy atom. The number of carbonyl (C=O) groups excluding carboxylic acids is 1. The van der Waals surface area contributed by atoms with Crippen molar-refractivity contribution in [3.05, 3.63) is 36.1 Å². The standard InChI is InChI=1S/C17H20N2O4S/c1-3-4-16(21)19-17(24)18-11-5-7-14(22-2)13(9-11)15-8-6-12(10-20)23-15/h5-9,20H,3-4,10H2,1-2H3,(H2,18,19,21,24). The van der Waals surface area contributed by atoms with Crippen LogP contribution in [0.3, 0.4) is 0 Å². The van der Waals surface area contributed by atoms with Gasteiger partial charge in [-0.25, -0.2) is 0 Å². The van der Waals surface area contributed by atoms with E-state index in [0.29, 0.717) is 34.9 Å². The third-order valence-electron chi connectivity index (χ3n) is 3.27. The first-order valence-electron chi connectivity index (χ1n) is 7.56. The SMILES string of the molecule is CCCC(=O)NC(=S)Nc1ccc(OC)c(-c2ccc(CO)o2)c1. The average Bonchev–Trinajstić information content (AvgIpc) is 3.03. The minimum Gasteiger partial charge on any atom is -0.496 e. The van der Waals surface area contributed by atoms with Gasteiger partial charge in [0.05, 0.1) is 12.7 Å². The molecule has 3 N–H and O–H groups in total. The number of hydrogen-bond donors (Lipinski definition) is 3. The molecule has 0 aliphatic carbocycles. The highest BCUT2D eigenvalue weighted by molar-refractivity contribution is 7.80. The van der Waals surface area contributed by atoms with Gasteiger partial charge in [-0.15, -0.1) is 0 Å². The van der Waals surface area contributed by atoms with Crippen LogP contribution in [0.2, 0.25) is 0 Å². The number of nitrogens with one attached hydrogen (secondary N) is 2. The molecule has 1 aromatic heterocycles. The summed E-state index contributed by atoms with van der Waals surface area (Å²) in [4.78, 5) is 11.6. The molecule has 0 atom stereocenters. The van der Waals surface area contributed by atoms with Crippen LogP contribution < -0.4 is 15.4 Å². The van der Waals surface area contributed by atoms with E-state index in [1.54, 1.807) is 37.4 Å². The molecule has 0 aliphatic rings. The highest BCUT2D eigenvalue weighted by Gasteiger charge is 2.12. The fourth-order valence-electron chi connectivity index (χ4n) is 2.16. The molecule has 24 heavy (non-hydrogen) atoms. The zero-order valence-electron chi connectivity index (χ0n) is 13.6. The zero-order valence-corrected chi connectivity index (χ0v) is 14.4. The summed E-state index contributed by atoms with van der Waals surface area (Å²) in [6.45, 7) is 1.75.